The molecule has 2 rings (SSSR count). The fourth-order valence-corrected chi connectivity index (χ4v) is 2.91. The van der Waals surface area contributed by atoms with Gasteiger partial charge in [0.2, 0.25) is 5.91 Å². The number of carbonyl (C=O) groups is 2. The Morgan fingerprint density at radius 3 is 2.23 bits per heavy atom. The molecule has 26 heavy (non-hydrogen) atoms. The van der Waals surface area contributed by atoms with Crippen LogP contribution in [0, 0.1) is 10.1 Å². The van der Waals surface area contributed by atoms with Crippen LogP contribution in [-0.2, 0) is 10.5 Å². The fraction of sp³-hybridized carbons (Fsp3) is 0.222. The Labute approximate surface area is 155 Å². The summed E-state index contributed by atoms with van der Waals surface area (Å²) in [6.07, 6.45) is 0. The van der Waals surface area contributed by atoms with Crippen molar-refractivity contribution in [1.82, 2.24) is 4.90 Å². The van der Waals surface area contributed by atoms with Crippen molar-refractivity contribution in [3.8, 4) is 0 Å². The van der Waals surface area contributed by atoms with E-state index in [9.17, 15) is 19.7 Å². The highest BCUT2D eigenvalue weighted by Gasteiger charge is 2.09. The van der Waals surface area contributed by atoms with Gasteiger partial charge in [-0.05, 0) is 29.8 Å². The van der Waals surface area contributed by atoms with Gasteiger partial charge in [0.15, 0.2) is 0 Å². The highest BCUT2D eigenvalue weighted by Crippen LogP contribution is 2.17. The summed E-state index contributed by atoms with van der Waals surface area (Å²) in [6, 6.07) is 13.0. The average Bonchev–Trinajstić information content (AvgIpc) is 2.62. The van der Waals surface area contributed by atoms with Crippen LogP contribution in [0.3, 0.4) is 0 Å². The average molecular weight is 373 g/mol. The lowest BCUT2D eigenvalue weighted by molar-refractivity contribution is -0.384. The van der Waals surface area contributed by atoms with Crippen LogP contribution in [0.4, 0.5) is 11.4 Å². The minimum absolute atomic E-state index is 0.0488. The first-order valence-electron chi connectivity index (χ1n) is 7.79. The molecule has 0 bridgehead atoms. The molecule has 0 aliphatic carbocycles. The first-order chi connectivity index (χ1) is 12.4. The molecule has 136 valence electrons. The van der Waals surface area contributed by atoms with Crippen molar-refractivity contribution in [3.05, 3.63) is 69.8 Å². The van der Waals surface area contributed by atoms with Gasteiger partial charge in [-0.25, -0.2) is 0 Å². The summed E-state index contributed by atoms with van der Waals surface area (Å²) in [5, 5.41) is 13.4. The maximum Gasteiger partial charge on any atom is 0.269 e. The van der Waals surface area contributed by atoms with E-state index in [1.54, 1.807) is 50.5 Å². The summed E-state index contributed by atoms with van der Waals surface area (Å²) in [6.45, 7) is 0. The Morgan fingerprint density at radius 2 is 1.69 bits per heavy atom. The Morgan fingerprint density at radius 1 is 1.08 bits per heavy atom. The van der Waals surface area contributed by atoms with E-state index in [0.717, 1.165) is 5.56 Å². The molecule has 2 aromatic carbocycles. The Balaban J connectivity index is 1.79. The lowest BCUT2D eigenvalue weighted by atomic mass is 10.2. The van der Waals surface area contributed by atoms with Gasteiger partial charge in [-0.3, -0.25) is 19.7 Å². The summed E-state index contributed by atoms with van der Waals surface area (Å²) >= 11 is 1.42. The Bertz CT molecular complexity index is 789. The third kappa shape index (κ3) is 5.59. The van der Waals surface area contributed by atoms with Crippen molar-refractivity contribution in [2.24, 2.45) is 0 Å². The standard InChI is InChI=1S/C18H19N3O4S/c1-20(2)18(23)14-5-7-15(8-6-14)19-17(22)12-26-11-13-3-9-16(10-4-13)21(24)25/h3-10H,11-12H2,1-2H3,(H,19,22). The number of nitro benzene ring substituents is 1. The number of anilines is 1. The van der Waals surface area contributed by atoms with Crippen LogP contribution in [-0.4, -0.2) is 41.5 Å². The number of hydrogen-bond acceptors (Lipinski definition) is 5. The number of thioether (sulfide) groups is 1. The molecule has 2 aromatic rings. The van der Waals surface area contributed by atoms with Gasteiger partial charge < -0.3 is 10.2 Å². The summed E-state index contributed by atoms with van der Waals surface area (Å²) in [5.74, 6) is 0.599. The molecule has 0 unspecified atom stereocenters. The van der Waals surface area contributed by atoms with Gasteiger partial charge in [0.05, 0.1) is 10.7 Å². The molecule has 0 radical (unpaired) electrons. The molecule has 0 aliphatic heterocycles. The predicted octanol–water partition coefficient (Wildman–Crippen LogP) is 3.17. The van der Waals surface area contributed by atoms with Crippen molar-refractivity contribution >= 4 is 35.0 Å². The minimum Gasteiger partial charge on any atom is -0.345 e. The van der Waals surface area contributed by atoms with Gasteiger partial charge in [0.1, 0.15) is 0 Å². The number of hydrogen-bond donors (Lipinski definition) is 1. The maximum absolute atomic E-state index is 12.0. The van der Waals surface area contributed by atoms with Crippen LogP contribution in [0.2, 0.25) is 0 Å². The Hall–Kier alpha value is -2.87. The topological polar surface area (TPSA) is 92.6 Å². The number of nitrogens with zero attached hydrogens (tertiary/aromatic N) is 2. The van der Waals surface area contributed by atoms with E-state index < -0.39 is 4.92 Å². The highest BCUT2D eigenvalue weighted by atomic mass is 32.2. The van der Waals surface area contributed by atoms with E-state index in [2.05, 4.69) is 5.32 Å². The molecule has 0 aliphatic rings. The van der Waals surface area contributed by atoms with Gasteiger partial charge in [-0.2, -0.15) is 0 Å². The number of rotatable bonds is 7. The molecule has 1 N–H and O–H groups in total. The molecule has 7 nitrogen and oxygen atoms in total. The summed E-state index contributed by atoms with van der Waals surface area (Å²) in [5.41, 5.74) is 2.15. The summed E-state index contributed by atoms with van der Waals surface area (Å²) in [7, 11) is 3.36. The predicted molar refractivity (Wildman–Crippen MR) is 102 cm³/mol. The minimum atomic E-state index is -0.443. The van der Waals surface area contributed by atoms with Crippen molar-refractivity contribution in [2.75, 3.05) is 25.2 Å². The van der Waals surface area contributed by atoms with E-state index in [-0.39, 0.29) is 23.3 Å². The normalized spacial score (nSPS) is 10.2. The van der Waals surface area contributed by atoms with Crippen LogP contribution in [0.15, 0.2) is 48.5 Å². The lowest BCUT2D eigenvalue weighted by Gasteiger charge is -2.11. The van der Waals surface area contributed by atoms with Gasteiger partial charge in [-0.15, -0.1) is 11.8 Å². The third-order valence-electron chi connectivity index (χ3n) is 3.47. The monoisotopic (exact) mass is 373 g/mol. The molecule has 0 atom stereocenters. The molecule has 0 fully saturated rings. The zero-order valence-corrected chi connectivity index (χ0v) is 15.3. The zero-order chi connectivity index (χ0) is 19.1. The number of amides is 2. The molecule has 8 heteroatoms. The van der Waals surface area contributed by atoms with Crippen molar-refractivity contribution in [1.29, 1.82) is 0 Å². The molecule has 0 saturated carbocycles. The maximum atomic E-state index is 12.0. The molecular weight excluding hydrogens is 354 g/mol. The molecule has 0 saturated heterocycles. The zero-order valence-electron chi connectivity index (χ0n) is 14.5. The number of non-ortho nitro benzene ring substituents is 1. The SMILES string of the molecule is CN(C)C(=O)c1ccc(NC(=O)CSCc2ccc([N+](=O)[O-])cc2)cc1. The fourth-order valence-electron chi connectivity index (χ4n) is 2.13. The first kappa shape index (κ1) is 19.5. The second-order valence-corrected chi connectivity index (χ2v) is 6.73. The smallest absolute Gasteiger partial charge is 0.269 e. The van der Waals surface area contributed by atoms with Crippen molar-refractivity contribution < 1.29 is 14.5 Å². The Kier molecular flexibility index (Phi) is 6.74. The summed E-state index contributed by atoms with van der Waals surface area (Å²) < 4.78 is 0. The van der Waals surface area contributed by atoms with E-state index in [1.165, 1.54) is 28.8 Å². The molecule has 0 spiro atoms. The van der Waals surface area contributed by atoms with Crippen LogP contribution >= 0.6 is 11.8 Å². The second kappa shape index (κ2) is 9.00. The van der Waals surface area contributed by atoms with Crippen LogP contribution in [0.1, 0.15) is 15.9 Å². The van der Waals surface area contributed by atoms with Crippen molar-refractivity contribution in [2.45, 2.75) is 5.75 Å². The van der Waals surface area contributed by atoms with Gasteiger partial charge >= 0.3 is 0 Å². The number of nitrogens with one attached hydrogen (secondary N) is 1. The van der Waals surface area contributed by atoms with Crippen molar-refractivity contribution in [3.63, 3.8) is 0 Å². The number of nitro groups is 1. The van der Waals surface area contributed by atoms with Gasteiger partial charge in [0, 0.05) is 43.2 Å². The number of benzene rings is 2. The number of carbonyl (C=O) groups excluding carboxylic acids is 2. The molecule has 0 heterocycles. The molecular formula is C18H19N3O4S. The highest BCUT2D eigenvalue weighted by molar-refractivity contribution is 7.99. The van der Waals surface area contributed by atoms with Crippen LogP contribution in [0.25, 0.3) is 0 Å². The van der Waals surface area contributed by atoms with Gasteiger partial charge in [-0.1, -0.05) is 12.1 Å². The largest absolute Gasteiger partial charge is 0.345 e. The van der Waals surface area contributed by atoms with E-state index >= 15 is 0 Å². The van der Waals surface area contributed by atoms with E-state index in [0.29, 0.717) is 17.0 Å². The van der Waals surface area contributed by atoms with Crippen LogP contribution < -0.4 is 5.32 Å². The quantitative estimate of drug-likeness (QED) is 0.594. The van der Waals surface area contributed by atoms with E-state index in [1.807, 2.05) is 0 Å². The van der Waals surface area contributed by atoms with Crippen LogP contribution in [0.5, 0.6) is 0 Å². The second-order valence-electron chi connectivity index (χ2n) is 5.74. The lowest BCUT2D eigenvalue weighted by Crippen LogP contribution is -2.21. The third-order valence-corrected chi connectivity index (χ3v) is 4.47. The molecule has 0 aromatic heterocycles. The van der Waals surface area contributed by atoms with Gasteiger partial charge in [0.25, 0.3) is 11.6 Å². The summed E-state index contributed by atoms with van der Waals surface area (Å²) in [4.78, 5) is 35.4. The van der Waals surface area contributed by atoms with E-state index in [4.69, 9.17) is 0 Å². The first-order valence-corrected chi connectivity index (χ1v) is 8.95. The molecule has 2 amide bonds.